The highest BCUT2D eigenvalue weighted by atomic mass is 16.1. The molecule has 1 amide bonds. The molecule has 86 valence electrons. The maximum Gasteiger partial charge on any atom is 0.253 e. The molecule has 0 saturated heterocycles. The first kappa shape index (κ1) is 11.1. The molecule has 1 aliphatic carbocycles. The molecular formula is C12H17N3O. The average Bonchev–Trinajstić information content (AvgIpc) is 2.23. The molecule has 1 aromatic heterocycles. The smallest absolute Gasteiger partial charge is 0.253 e. The predicted octanol–water partition coefficient (Wildman–Crippen LogP) is 0.857. The zero-order valence-corrected chi connectivity index (χ0v) is 9.44. The molecule has 4 nitrogen and oxygen atoms in total. The number of pyridine rings is 1. The molecule has 1 aliphatic rings. The first-order chi connectivity index (χ1) is 7.66. The largest absolute Gasteiger partial charge is 0.352 e. The quantitative estimate of drug-likeness (QED) is 0.792. The van der Waals surface area contributed by atoms with Crippen LogP contribution in [0.25, 0.3) is 0 Å². The highest BCUT2D eigenvalue weighted by Gasteiger charge is 2.26. The van der Waals surface area contributed by atoms with Crippen LogP contribution in [0.2, 0.25) is 0 Å². The van der Waals surface area contributed by atoms with E-state index in [4.69, 9.17) is 5.73 Å². The summed E-state index contributed by atoms with van der Waals surface area (Å²) < 4.78 is 0. The molecule has 4 heteroatoms. The molecule has 0 aliphatic heterocycles. The number of carbonyl (C=O) groups excluding carboxylic acids is 1. The second kappa shape index (κ2) is 4.61. The van der Waals surface area contributed by atoms with Gasteiger partial charge in [-0.1, -0.05) is 0 Å². The van der Waals surface area contributed by atoms with Crippen molar-refractivity contribution in [3.05, 3.63) is 29.6 Å². The molecular weight excluding hydrogens is 202 g/mol. The minimum absolute atomic E-state index is 0.0360. The van der Waals surface area contributed by atoms with Crippen LogP contribution in [0, 0.1) is 12.8 Å². The van der Waals surface area contributed by atoms with Crippen molar-refractivity contribution in [3.8, 4) is 0 Å². The Hall–Kier alpha value is -1.42. The standard InChI is InChI=1S/C12H17N3O/c1-8-11(3-2-4-14-8)12(16)15-7-9-5-10(13)6-9/h2-4,9-10H,5-7,13H2,1H3,(H,15,16). The van der Waals surface area contributed by atoms with Crippen molar-refractivity contribution in [2.75, 3.05) is 6.54 Å². The Kier molecular flexibility index (Phi) is 3.19. The number of hydrogen-bond acceptors (Lipinski definition) is 3. The van der Waals surface area contributed by atoms with Crippen molar-refractivity contribution in [1.82, 2.24) is 10.3 Å². The number of nitrogens with two attached hydrogens (primary N) is 1. The van der Waals surface area contributed by atoms with E-state index in [1.165, 1.54) is 0 Å². The van der Waals surface area contributed by atoms with Gasteiger partial charge in [-0.15, -0.1) is 0 Å². The maximum absolute atomic E-state index is 11.8. The van der Waals surface area contributed by atoms with Crippen LogP contribution in [0.1, 0.15) is 28.9 Å². The van der Waals surface area contributed by atoms with Gasteiger partial charge in [-0.2, -0.15) is 0 Å². The van der Waals surface area contributed by atoms with Crippen molar-refractivity contribution in [1.29, 1.82) is 0 Å². The summed E-state index contributed by atoms with van der Waals surface area (Å²) in [4.78, 5) is 15.9. The van der Waals surface area contributed by atoms with Crippen LogP contribution in [0.4, 0.5) is 0 Å². The molecule has 0 bridgehead atoms. The van der Waals surface area contributed by atoms with E-state index in [0.29, 0.717) is 17.5 Å². The van der Waals surface area contributed by atoms with Gasteiger partial charge in [0.05, 0.1) is 5.56 Å². The van der Waals surface area contributed by atoms with Crippen LogP contribution in [-0.2, 0) is 0 Å². The third-order valence-corrected chi connectivity index (χ3v) is 3.08. The van der Waals surface area contributed by atoms with Crippen molar-refractivity contribution in [2.45, 2.75) is 25.8 Å². The Bertz CT molecular complexity index is 386. The van der Waals surface area contributed by atoms with Crippen molar-refractivity contribution < 1.29 is 4.79 Å². The summed E-state index contributed by atoms with van der Waals surface area (Å²) in [6.45, 7) is 2.56. The number of nitrogens with zero attached hydrogens (tertiary/aromatic N) is 1. The van der Waals surface area contributed by atoms with Gasteiger partial charge >= 0.3 is 0 Å². The summed E-state index contributed by atoms with van der Waals surface area (Å²) in [7, 11) is 0. The van der Waals surface area contributed by atoms with Gasteiger partial charge in [-0.3, -0.25) is 9.78 Å². The lowest BCUT2D eigenvalue weighted by molar-refractivity contribution is 0.0934. The zero-order chi connectivity index (χ0) is 11.5. The normalized spacial score (nSPS) is 23.6. The Morgan fingerprint density at radius 3 is 3.00 bits per heavy atom. The van der Waals surface area contributed by atoms with Gasteiger partial charge in [-0.05, 0) is 37.8 Å². The monoisotopic (exact) mass is 219 g/mol. The van der Waals surface area contributed by atoms with Gasteiger partial charge < -0.3 is 11.1 Å². The Morgan fingerprint density at radius 2 is 2.38 bits per heavy atom. The molecule has 16 heavy (non-hydrogen) atoms. The highest BCUT2D eigenvalue weighted by Crippen LogP contribution is 2.24. The number of rotatable bonds is 3. The molecule has 1 fully saturated rings. The van der Waals surface area contributed by atoms with E-state index in [1.54, 1.807) is 18.3 Å². The fourth-order valence-corrected chi connectivity index (χ4v) is 2.01. The first-order valence-corrected chi connectivity index (χ1v) is 5.62. The third-order valence-electron chi connectivity index (χ3n) is 3.08. The highest BCUT2D eigenvalue weighted by molar-refractivity contribution is 5.95. The average molecular weight is 219 g/mol. The van der Waals surface area contributed by atoms with Crippen LogP contribution in [0.3, 0.4) is 0 Å². The second-order valence-corrected chi connectivity index (χ2v) is 4.44. The van der Waals surface area contributed by atoms with Gasteiger partial charge in [0.15, 0.2) is 0 Å². The molecule has 3 N–H and O–H groups in total. The molecule has 0 unspecified atom stereocenters. The van der Waals surface area contributed by atoms with Crippen molar-refractivity contribution in [2.24, 2.45) is 11.7 Å². The summed E-state index contributed by atoms with van der Waals surface area (Å²) >= 11 is 0. The van der Waals surface area contributed by atoms with E-state index in [9.17, 15) is 4.79 Å². The molecule has 0 aromatic carbocycles. The maximum atomic E-state index is 11.8. The van der Waals surface area contributed by atoms with E-state index >= 15 is 0 Å². The van der Waals surface area contributed by atoms with Gasteiger partial charge in [0.2, 0.25) is 0 Å². The summed E-state index contributed by atoms with van der Waals surface area (Å²) in [6, 6.07) is 3.91. The van der Waals surface area contributed by atoms with E-state index in [0.717, 1.165) is 25.1 Å². The fraction of sp³-hybridized carbons (Fsp3) is 0.500. The van der Waals surface area contributed by atoms with E-state index in [1.807, 2.05) is 6.92 Å². The topological polar surface area (TPSA) is 68.0 Å². The number of aryl methyl sites for hydroxylation is 1. The summed E-state index contributed by atoms with van der Waals surface area (Å²) in [6.07, 6.45) is 3.73. The van der Waals surface area contributed by atoms with E-state index < -0.39 is 0 Å². The lowest BCUT2D eigenvalue weighted by Crippen LogP contribution is -2.42. The van der Waals surface area contributed by atoms with Crippen LogP contribution >= 0.6 is 0 Å². The summed E-state index contributed by atoms with van der Waals surface area (Å²) in [5, 5.41) is 2.93. The SMILES string of the molecule is Cc1ncccc1C(=O)NCC1CC(N)C1. The molecule has 0 spiro atoms. The van der Waals surface area contributed by atoms with E-state index in [2.05, 4.69) is 10.3 Å². The Balaban J connectivity index is 1.86. The molecule has 1 aromatic rings. The van der Waals surface area contributed by atoms with Gasteiger partial charge in [0.25, 0.3) is 5.91 Å². The van der Waals surface area contributed by atoms with Crippen LogP contribution in [0.5, 0.6) is 0 Å². The Labute approximate surface area is 95.3 Å². The van der Waals surface area contributed by atoms with Crippen LogP contribution < -0.4 is 11.1 Å². The number of aromatic nitrogens is 1. The number of carbonyl (C=O) groups is 1. The fourth-order valence-electron chi connectivity index (χ4n) is 2.01. The summed E-state index contributed by atoms with van der Waals surface area (Å²) in [5.74, 6) is 0.516. The number of amides is 1. The minimum atomic E-state index is -0.0360. The molecule has 1 heterocycles. The first-order valence-electron chi connectivity index (χ1n) is 5.62. The van der Waals surface area contributed by atoms with Gasteiger partial charge in [-0.25, -0.2) is 0 Å². The van der Waals surface area contributed by atoms with Crippen LogP contribution in [-0.4, -0.2) is 23.5 Å². The van der Waals surface area contributed by atoms with Gasteiger partial charge in [0, 0.05) is 24.5 Å². The second-order valence-electron chi connectivity index (χ2n) is 4.44. The minimum Gasteiger partial charge on any atom is -0.352 e. The van der Waals surface area contributed by atoms with Crippen molar-refractivity contribution >= 4 is 5.91 Å². The molecule has 0 atom stereocenters. The predicted molar refractivity (Wildman–Crippen MR) is 62.0 cm³/mol. The number of hydrogen-bond donors (Lipinski definition) is 2. The Morgan fingerprint density at radius 1 is 1.62 bits per heavy atom. The molecule has 0 radical (unpaired) electrons. The lowest BCUT2D eigenvalue weighted by atomic mass is 9.81. The third kappa shape index (κ3) is 2.39. The van der Waals surface area contributed by atoms with Gasteiger partial charge in [0.1, 0.15) is 0 Å². The van der Waals surface area contributed by atoms with Crippen molar-refractivity contribution in [3.63, 3.8) is 0 Å². The summed E-state index contributed by atoms with van der Waals surface area (Å²) in [5.41, 5.74) is 7.12. The molecule has 2 rings (SSSR count). The molecule has 1 saturated carbocycles. The van der Waals surface area contributed by atoms with E-state index in [-0.39, 0.29) is 5.91 Å². The lowest BCUT2D eigenvalue weighted by Gasteiger charge is -2.32. The zero-order valence-electron chi connectivity index (χ0n) is 9.44. The number of nitrogens with one attached hydrogen (secondary N) is 1. The van der Waals surface area contributed by atoms with Crippen LogP contribution in [0.15, 0.2) is 18.3 Å².